The lowest BCUT2D eigenvalue weighted by atomic mass is 10.1. The number of anilines is 1. The summed E-state index contributed by atoms with van der Waals surface area (Å²) in [4.78, 5) is 31.1. The number of nitrogens with zero attached hydrogens (tertiary/aromatic N) is 1. The maximum absolute atomic E-state index is 12.0. The van der Waals surface area contributed by atoms with Crippen molar-refractivity contribution in [2.45, 2.75) is 6.54 Å². The van der Waals surface area contributed by atoms with E-state index >= 15 is 0 Å². The van der Waals surface area contributed by atoms with E-state index in [1.165, 1.54) is 0 Å². The summed E-state index contributed by atoms with van der Waals surface area (Å²) >= 11 is 3.15. The zero-order valence-electron chi connectivity index (χ0n) is 14.0. The van der Waals surface area contributed by atoms with Gasteiger partial charge in [-0.05, 0) is 35.9 Å². The van der Waals surface area contributed by atoms with Crippen LogP contribution in [0.4, 0.5) is 10.7 Å². The lowest BCUT2D eigenvalue weighted by Crippen LogP contribution is -2.28. The number of ketones is 1. The SMILES string of the molecule is COc1ccc(CNC(=O)Nc2nc3ccc(C(=O)CBr)cc3[nH]2)cc1. The molecule has 0 fully saturated rings. The van der Waals surface area contributed by atoms with Crippen molar-refractivity contribution in [3.8, 4) is 5.75 Å². The van der Waals surface area contributed by atoms with Gasteiger partial charge in [-0.15, -0.1) is 0 Å². The number of carbonyl (C=O) groups is 2. The number of alkyl halides is 1. The molecule has 0 aliphatic rings. The Morgan fingerprint density at radius 2 is 1.96 bits per heavy atom. The van der Waals surface area contributed by atoms with Gasteiger partial charge in [-0.2, -0.15) is 0 Å². The number of rotatable bonds is 6. The van der Waals surface area contributed by atoms with Crippen LogP contribution >= 0.6 is 15.9 Å². The number of Topliss-reactive ketones (excluding diaryl/α,β-unsaturated/α-hetero) is 1. The number of nitrogens with one attached hydrogen (secondary N) is 3. The molecule has 1 heterocycles. The molecule has 7 nitrogen and oxygen atoms in total. The third-order valence-electron chi connectivity index (χ3n) is 3.77. The molecule has 0 aliphatic carbocycles. The topological polar surface area (TPSA) is 96.1 Å². The summed E-state index contributed by atoms with van der Waals surface area (Å²) < 4.78 is 5.10. The van der Waals surface area contributed by atoms with Crippen LogP contribution < -0.4 is 15.4 Å². The molecule has 0 saturated carbocycles. The summed E-state index contributed by atoms with van der Waals surface area (Å²) in [6.45, 7) is 0.375. The minimum atomic E-state index is -0.378. The Bertz CT molecular complexity index is 937. The van der Waals surface area contributed by atoms with Gasteiger partial charge in [0.2, 0.25) is 5.95 Å². The molecule has 134 valence electrons. The number of halogens is 1. The van der Waals surface area contributed by atoms with Crippen LogP contribution in [0.25, 0.3) is 11.0 Å². The fourth-order valence-corrected chi connectivity index (χ4v) is 2.72. The van der Waals surface area contributed by atoms with Gasteiger partial charge in [0, 0.05) is 12.1 Å². The van der Waals surface area contributed by atoms with Crippen LogP contribution in [0, 0.1) is 0 Å². The van der Waals surface area contributed by atoms with E-state index in [0.29, 0.717) is 29.1 Å². The molecule has 2 aromatic carbocycles. The number of ether oxygens (including phenoxy) is 1. The highest BCUT2D eigenvalue weighted by molar-refractivity contribution is 9.09. The first kappa shape index (κ1) is 17.9. The Balaban J connectivity index is 1.62. The average Bonchev–Trinajstić information content (AvgIpc) is 3.07. The molecule has 2 amide bonds. The highest BCUT2D eigenvalue weighted by Gasteiger charge is 2.10. The number of hydrogen-bond donors (Lipinski definition) is 3. The Labute approximate surface area is 158 Å². The average molecular weight is 417 g/mol. The summed E-state index contributed by atoms with van der Waals surface area (Å²) in [5.41, 5.74) is 2.88. The fraction of sp³-hybridized carbons (Fsp3) is 0.167. The van der Waals surface area contributed by atoms with E-state index in [2.05, 4.69) is 36.5 Å². The minimum Gasteiger partial charge on any atom is -0.497 e. The first-order chi connectivity index (χ1) is 12.6. The van der Waals surface area contributed by atoms with Crippen LogP contribution in [-0.4, -0.2) is 34.2 Å². The molecule has 0 saturated heterocycles. The number of aromatic amines is 1. The second kappa shape index (κ2) is 8.01. The predicted octanol–water partition coefficient (Wildman–Crippen LogP) is 3.47. The molecule has 3 N–H and O–H groups in total. The quantitative estimate of drug-likeness (QED) is 0.423. The molecule has 0 radical (unpaired) electrons. The van der Waals surface area contributed by atoms with Crippen LogP contribution in [0.3, 0.4) is 0 Å². The van der Waals surface area contributed by atoms with E-state index in [4.69, 9.17) is 4.74 Å². The fourth-order valence-electron chi connectivity index (χ4n) is 2.40. The Morgan fingerprint density at radius 3 is 2.65 bits per heavy atom. The van der Waals surface area contributed by atoms with Crippen LogP contribution in [0.1, 0.15) is 15.9 Å². The van der Waals surface area contributed by atoms with Gasteiger partial charge in [-0.25, -0.2) is 9.78 Å². The molecule has 0 unspecified atom stereocenters. The van der Waals surface area contributed by atoms with Crippen molar-refractivity contribution in [2.75, 3.05) is 17.8 Å². The highest BCUT2D eigenvalue weighted by atomic mass is 79.9. The van der Waals surface area contributed by atoms with E-state index in [1.807, 2.05) is 24.3 Å². The molecular formula is C18H17BrN4O3. The minimum absolute atomic E-state index is 0.0201. The third-order valence-corrected chi connectivity index (χ3v) is 4.28. The summed E-state index contributed by atoms with van der Waals surface area (Å²) in [6.07, 6.45) is 0. The number of carbonyl (C=O) groups excluding carboxylic acids is 2. The number of hydrogen-bond acceptors (Lipinski definition) is 4. The summed E-state index contributed by atoms with van der Waals surface area (Å²) in [5, 5.41) is 5.66. The van der Waals surface area contributed by atoms with E-state index < -0.39 is 0 Å². The number of aromatic nitrogens is 2. The van der Waals surface area contributed by atoms with E-state index in [1.54, 1.807) is 25.3 Å². The first-order valence-corrected chi connectivity index (χ1v) is 8.98. The number of benzene rings is 2. The lowest BCUT2D eigenvalue weighted by molar-refractivity contribution is 0.102. The number of methoxy groups -OCH3 is 1. The molecule has 0 bridgehead atoms. The van der Waals surface area contributed by atoms with Gasteiger partial charge in [-0.1, -0.05) is 28.1 Å². The number of H-pyrrole nitrogens is 1. The van der Waals surface area contributed by atoms with Crippen molar-refractivity contribution in [2.24, 2.45) is 0 Å². The summed E-state index contributed by atoms with van der Waals surface area (Å²) in [7, 11) is 1.60. The lowest BCUT2D eigenvalue weighted by Gasteiger charge is -2.06. The van der Waals surface area contributed by atoms with Crippen molar-refractivity contribution in [3.63, 3.8) is 0 Å². The van der Waals surface area contributed by atoms with E-state index in [9.17, 15) is 9.59 Å². The van der Waals surface area contributed by atoms with Crippen LogP contribution in [0.5, 0.6) is 5.75 Å². The Hall–Kier alpha value is -2.87. The summed E-state index contributed by atoms with van der Waals surface area (Å²) in [6, 6.07) is 12.2. The van der Waals surface area contributed by atoms with Crippen molar-refractivity contribution in [3.05, 3.63) is 53.6 Å². The van der Waals surface area contributed by atoms with Gasteiger partial charge < -0.3 is 15.0 Å². The van der Waals surface area contributed by atoms with Crippen molar-refractivity contribution in [1.82, 2.24) is 15.3 Å². The normalized spacial score (nSPS) is 10.5. The maximum Gasteiger partial charge on any atom is 0.321 e. The second-order valence-electron chi connectivity index (χ2n) is 5.53. The number of amides is 2. The van der Waals surface area contributed by atoms with Crippen molar-refractivity contribution >= 4 is 44.7 Å². The molecule has 3 aromatic rings. The van der Waals surface area contributed by atoms with E-state index in [0.717, 1.165) is 11.3 Å². The highest BCUT2D eigenvalue weighted by Crippen LogP contribution is 2.17. The molecule has 1 aromatic heterocycles. The van der Waals surface area contributed by atoms with E-state index in [-0.39, 0.29) is 17.1 Å². The zero-order valence-corrected chi connectivity index (χ0v) is 15.6. The molecule has 0 spiro atoms. The molecule has 3 rings (SSSR count). The van der Waals surface area contributed by atoms with Gasteiger partial charge in [0.05, 0.1) is 23.5 Å². The molecule has 26 heavy (non-hydrogen) atoms. The van der Waals surface area contributed by atoms with Gasteiger partial charge in [-0.3, -0.25) is 10.1 Å². The molecular weight excluding hydrogens is 400 g/mol. The third kappa shape index (κ3) is 4.20. The standard InChI is InChI=1S/C18H17BrN4O3/c1-26-13-5-2-11(3-6-13)10-20-18(25)23-17-21-14-7-4-12(16(24)9-19)8-15(14)22-17/h2-8H,9-10H2,1H3,(H3,20,21,22,23,25). The van der Waals surface area contributed by atoms with Crippen LogP contribution in [0.15, 0.2) is 42.5 Å². The summed E-state index contributed by atoms with van der Waals surface area (Å²) in [5.74, 6) is 1.06. The van der Waals surface area contributed by atoms with Gasteiger partial charge in [0.15, 0.2) is 5.78 Å². The number of imidazole rings is 1. The largest absolute Gasteiger partial charge is 0.497 e. The first-order valence-electron chi connectivity index (χ1n) is 7.86. The van der Waals surface area contributed by atoms with Crippen LogP contribution in [-0.2, 0) is 6.54 Å². The van der Waals surface area contributed by atoms with Crippen molar-refractivity contribution in [1.29, 1.82) is 0 Å². The molecule has 8 heteroatoms. The number of fused-ring (bicyclic) bond motifs is 1. The van der Waals surface area contributed by atoms with Gasteiger partial charge in [0.1, 0.15) is 5.75 Å². The maximum atomic E-state index is 12.0. The predicted molar refractivity (Wildman–Crippen MR) is 103 cm³/mol. The molecule has 0 aliphatic heterocycles. The Morgan fingerprint density at radius 1 is 1.19 bits per heavy atom. The van der Waals surface area contributed by atoms with Gasteiger partial charge >= 0.3 is 6.03 Å². The zero-order chi connectivity index (χ0) is 18.5. The smallest absolute Gasteiger partial charge is 0.321 e. The Kier molecular flexibility index (Phi) is 5.52. The number of urea groups is 1. The molecule has 0 atom stereocenters. The van der Waals surface area contributed by atoms with Crippen LogP contribution in [0.2, 0.25) is 0 Å². The van der Waals surface area contributed by atoms with Gasteiger partial charge in [0.25, 0.3) is 0 Å². The monoisotopic (exact) mass is 416 g/mol. The second-order valence-corrected chi connectivity index (χ2v) is 6.09. The van der Waals surface area contributed by atoms with Crippen molar-refractivity contribution < 1.29 is 14.3 Å².